The molecule has 0 amide bonds. The molecule has 7 heteroatoms. The summed E-state index contributed by atoms with van der Waals surface area (Å²) in [6, 6.07) is -0.0654. The van der Waals surface area contributed by atoms with Gasteiger partial charge in [-0.1, -0.05) is 12.2 Å². The maximum Gasteiger partial charge on any atom is 0.246 e. The molecule has 0 saturated carbocycles. The fraction of sp³-hybridized carbons (Fsp3) is 0.500. The molecule has 0 unspecified atom stereocenters. The highest BCUT2D eigenvalue weighted by molar-refractivity contribution is 7.89. The third kappa shape index (κ3) is 2.50. The molecule has 0 atom stereocenters. The summed E-state index contributed by atoms with van der Waals surface area (Å²) in [4.78, 5) is 0.0613. The molecular weight excluding hydrogens is 240 g/mol. The zero-order valence-corrected chi connectivity index (χ0v) is 10.4. The number of nitrogen functional groups attached to an aromatic ring is 1. The number of anilines is 1. The smallest absolute Gasteiger partial charge is 0.246 e. The van der Waals surface area contributed by atoms with Gasteiger partial charge in [-0.15, -0.1) is 0 Å². The SMILES string of the molecule is CCn1cc(S(=O)(=O)NC2CC=CC2)c(N)n1. The van der Waals surface area contributed by atoms with Crippen LogP contribution < -0.4 is 10.5 Å². The summed E-state index contributed by atoms with van der Waals surface area (Å²) in [5, 5.41) is 3.93. The van der Waals surface area contributed by atoms with Gasteiger partial charge in [0.1, 0.15) is 4.90 Å². The fourth-order valence-electron chi connectivity index (χ4n) is 1.78. The summed E-state index contributed by atoms with van der Waals surface area (Å²) in [6.07, 6.45) is 6.83. The Morgan fingerprint density at radius 3 is 2.71 bits per heavy atom. The lowest BCUT2D eigenvalue weighted by Gasteiger charge is -2.11. The van der Waals surface area contributed by atoms with Crippen molar-refractivity contribution in [3.05, 3.63) is 18.3 Å². The lowest BCUT2D eigenvalue weighted by Crippen LogP contribution is -2.33. The Balaban J connectivity index is 2.21. The third-order valence-corrected chi connectivity index (χ3v) is 4.24. The molecule has 0 radical (unpaired) electrons. The number of hydrogen-bond acceptors (Lipinski definition) is 4. The minimum absolute atomic E-state index is 0.0466. The van der Waals surface area contributed by atoms with Crippen LogP contribution in [0, 0.1) is 0 Å². The van der Waals surface area contributed by atoms with E-state index in [0.29, 0.717) is 6.54 Å². The highest BCUT2D eigenvalue weighted by Crippen LogP contribution is 2.19. The molecule has 3 N–H and O–H groups in total. The average molecular weight is 256 g/mol. The Kier molecular flexibility index (Phi) is 3.21. The van der Waals surface area contributed by atoms with E-state index in [-0.39, 0.29) is 16.8 Å². The van der Waals surface area contributed by atoms with E-state index in [1.54, 1.807) is 0 Å². The molecular formula is C10H16N4O2S. The summed E-state index contributed by atoms with van der Waals surface area (Å²) in [6.45, 7) is 2.46. The molecule has 17 heavy (non-hydrogen) atoms. The molecule has 0 bridgehead atoms. The molecule has 1 aromatic rings. The van der Waals surface area contributed by atoms with Gasteiger partial charge in [0.2, 0.25) is 10.0 Å². The summed E-state index contributed by atoms with van der Waals surface area (Å²) in [5.41, 5.74) is 5.61. The summed E-state index contributed by atoms with van der Waals surface area (Å²) < 4.78 is 28.3. The van der Waals surface area contributed by atoms with Crippen molar-refractivity contribution in [1.29, 1.82) is 0 Å². The monoisotopic (exact) mass is 256 g/mol. The van der Waals surface area contributed by atoms with E-state index in [2.05, 4.69) is 9.82 Å². The second-order valence-electron chi connectivity index (χ2n) is 4.00. The normalized spacial score (nSPS) is 16.8. The first-order valence-corrected chi connectivity index (χ1v) is 7.01. The van der Waals surface area contributed by atoms with Crippen LogP contribution in [-0.4, -0.2) is 24.2 Å². The largest absolute Gasteiger partial charge is 0.381 e. The van der Waals surface area contributed by atoms with E-state index in [4.69, 9.17) is 5.73 Å². The average Bonchev–Trinajstić information content (AvgIpc) is 2.86. The van der Waals surface area contributed by atoms with Crippen LogP contribution in [-0.2, 0) is 16.6 Å². The van der Waals surface area contributed by atoms with Gasteiger partial charge >= 0.3 is 0 Å². The molecule has 0 aromatic carbocycles. The fourth-order valence-corrected chi connectivity index (χ4v) is 3.12. The minimum Gasteiger partial charge on any atom is -0.381 e. The Labute approximate surface area is 101 Å². The van der Waals surface area contributed by atoms with Gasteiger partial charge in [-0.3, -0.25) is 4.68 Å². The zero-order chi connectivity index (χ0) is 12.5. The predicted octanol–water partition coefficient (Wildman–Crippen LogP) is 0.482. The van der Waals surface area contributed by atoms with Crippen LogP contribution in [0.25, 0.3) is 0 Å². The van der Waals surface area contributed by atoms with Gasteiger partial charge < -0.3 is 5.73 Å². The van der Waals surface area contributed by atoms with Gasteiger partial charge in [0.05, 0.1) is 0 Å². The summed E-state index contributed by atoms with van der Waals surface area (Å²) in [7, 11) is -3.56. The minimum atomic E-state index is -3.56. The van der Waals surface area contributed by atoms with E-state index >= 15 is 0 Å². The molecule has 0 aliphatic heterocycles. The van der Waals surface area contributed by atoms with Gasteiger partial charge in [-0.2, -0.15) is 5.10 Å². The number of aromatic nitrogens is 2. The van der Waals surface area contributed by atoms with Crippen molar-refractivity contribution in [2.24, 2.45) is 0 Å². The van der Waals surface area contributed by atoms with Crippen LogP contribution in [0.5, 0.6) is 0 Å². The van der Waals surface area contributed by atoms with Gasteiger partial charge in [-0.25, -0.2) is 13.1 Å². The van der Waals surface area contributed by atoms with E-state index in [0.717, 1.165) is 12.8 Å². The number of rotatable bonds is 4. The predicted molar refractivity (Wildman–Crippen MR) is 64.8 cm³/mol. The number of nitrogens with two attached hydrogens (primary N) is 1. The topological polar surface area (TPSA) is 90.0 Å². The summed E-state index contributed by atoms with van der Waals surface area (Å²) in [5.74, 6) is 0.0466. The van der Waals surface area contributed by atoms with Gasteiger partial charge in [0, 0.05) is 18.8 Å². The second kappa shape index (κ2) is 4.50. The lowest BCUT2D eigenvalue weighted by molar-refractivity contribution is 0.557. The standard InChI is InChI=1S/C10H16N4O2S/c1-2-14-7-9(10(11)12-14)17(15,16)13-8-5-3-4-6-8/h3-4,7-8,13H,2,5-6H2,1H3,(H2,11,12). The summed E-state index contributed by atoms with van der Waals surface area (Å²) >= 11 is 0. The Bertz CT molecular complexity index is 525. The van der Waals surface area contributed by atoms with Crippen LogP contribution in [0.4, 0.5) is 5.82 Å². The lowest BCUT2D eigenvalue weighted by atomic mass is 10.3. The van der Waals surface area contributed by atoms with Crippen molar-refractivity contribution in [3.8, 4) is 0 Å². The van der Waals surface area contributed by atoms with Crippen molar-refractivity contribution in [1.82, 2.24) is 14.5 Å². The Morgan fingerprint density at radius 1 is 1.53 bits per heavy atom. The molecule has 6 nitrogen and oxygen atoms in total. The molecule has 0 spiro atoms. The van der Waals surface area contributed by atoms with Crippen molar-refractivity contribution in [3.63, 3.8) is 0 Å². The van der Waals surface area contributed by atoms with Gasteiger partial charge in [0.25, 0.3) is 0 Å². The molecule has 2 rings (SSSR count). The van der Waals surface area contributed by atoms with Gasteiger partial charge in [-0.05, 0) is 19.8 Å². The number of sulfonamides is 1. The maximum atomic E-state index is 12.1. The Morgan fingerprint density at radius 2 is 2.18 bits per heavy atom. The van der Waals surface area contributed by atoms with Crippen LogP contribution in [0.1, 0.15) is 19.8 Å². The zero-order valence-electron chi connectivity index (χ0n) is 9.63. The molecule has 0 saturated heterocycles. The van der Waals surface area contributed by atoms with E-state index in [1.807, 2.05) is 19.1 Å². The number of nitrogens with zero attached hydrogens (tertiary/aromatic N) is 2. The molecule has 1 aromatic heterocycles. The highest BCUT2D eigenvalue weighted by atomic mass is 32.2. The van der Waals surface area contributed by atoms with Crippen molar-refractivity contribution >= 4 is 15.8 Å². The highest BCUT2D eigenvalue weighted by Gasteiger charge is 2.24. The van der Waals surface area contributed by atoms with E-state index in [9.17, 15) is 8.42 Å². The third-order valence-electron chi connectivity index (χ3n) is 2.70. The van der Waals surface area contributed by atoms with E-state index in [1.165, 1.54) is 10.9 Å². The molecule has 94 valence electrons. The first kappa shape index (κ1) is 12.1. The van der Waals surface area contributed by atoms with E-state index < -0.39 is 10.0 Å². The molecule has 1 aliphatic rings. The van der Waals surface area contributed by atoms with Crippen LogP contribution in [0.15, 0.2) is 23.2 Å². The number of hydrogen-bond donors (Lipinski definition) is 2. The van der Waals surface area contributed by atoms with Crippen molar-refractivity contribution in [2.45, 2.75) is 37.2 Å². The Hall–Kier alpha value is -1.34. The quantitative estimate of drug-likeness (QED) is 0.767. The first-order valence-electron chi connectivity index (χ1n) is 5.53. The van der Waals surface area contributed by atoms with Crippen molar-refractivity contribution < 1.29 is 8.42 Å². The number of nitrogens with one attached hydrogen (secondary N) is 1. The maximum absolute atomic E-state index is 12.1. The van der Waals surface area contributed by atoms with Crippen LogP contribution in [0.3, 0.4) is 0 Å². The van der Waals surface area contributed by atoms with Crippen LogP contribution in [0.2, 0.25) is 0 Å². The molecule has 1 aliphatic carbocycles. The first-order chi connectivity index (χ1) is 8.03. The molecule has 0 fully saturated rings. The van der Waals surface area contributed by atoms with Crippen LogP contribution >= 0.6 is 0 Å². The second-order valence-corrected chi connectivity index (χ2v) is 5.68. The number of aryl methyl sites for hydroxylation is 1. The molecule has 1 heterocycles. The van der Waals surface area contributed by atoms with Gasteiger partial charge in [0.15, 0.2) is 5.82 Å². The van der Waals surface area contributed by atoms with Crippen molar-refractivity contribution in [2.75, 3.05) is 5.73 Å².